The summed E-state index contributed by atoms with van der Waals surface area (Å²) in [7, 11) is 2.02. The Kier molecular flexibility index (Phi) is 3.37. The molecule has 0 N–H and O–H groups in total. The van der Waals surface area contributed by atoms with E-state index < -0.39 is 0 Å². The third-order valence-corrected chi connectivity index (χ3v) is 1.66. The van der Waals surface area contributed by atoms with Crippen LogP contribution in [0.1, 0.15) is 27.7 Å². The van der Waals surface area contributed by atoms with Crippen molar-refractivity contribution in [1.29, 1.82) is 0 Å². The van der Waals surface area contributed by atoms with Crippen molar-refractivity contribution in [2.24, 2.45) is 5.41 Å². The number of hydrogen-bond acceptors (Lipinski definition) is 1. The number of hydrogen-bond donors (Lipinski definition) is 0. The number of nitrogens with zero attached hydrogens (tertiary/aromatic N) is 1. The normalized spacial score (nSPS) is 12.1. The van der Waals surface area contributed by atoms with Crippen molar-refractivity contribution >= 4 is 0 Å². The van der Waals surface area contributed by atoms with Gasteiger partial charge in [-0.05, 0) is 13.1 Å². The second-order valence-corrected chi connectivity index (χ2v) is 3.79. The first-order valence-corrected chi connectivity index (χ1v) is 3.94. The standard InChI is InChI=1S/C10H19N/c1-7-8-11(6)9(2)10(3,4)5/h7-8H,2H2,1,3-6H3/b8-7-. The van der Waals surface area contributed by atoms with Crippen molar-refractivity contribution < 1.29 is 0 Å². The van der Waals surface area contributed by atoms with E-state index in [-0.39, 0.29) is 5.41 Å². The molecule has 0 unspecified atom stereocenters. The molecule has 0 aliphatic rings. The molecule has 11 heavy (non-hydrogen) atoms. The van der Waals surface area contributed by atoms with Crippen molar-refractivity contribution in [3.63, 3.8) is 0 Å². The van der Waals surface area contributed by atoms with Crippen LogP contribution in [0.5, 0.6) is 0 Å². The highest BCUT2D eigenvalue weighted by atomic mass is 15.1. The predicted octanol–water partition coefficient (Wildman–Crippen LogP) is 3.01. The number of allylic oxidation sites excluding steroid dienone is 2. The van der Waals surface area contributed by atoms with E-state index in [1.54, 1.807) is 0 Å². The molecule has 0 aromatic rings. The topological polar surface area (TPSA) is 3.24 Å². The Hall–Kier alpha value is -0.720. The van der Waals surface area contributed by atoms with E-state index in [1.807, 2.05) is 26.2 Å². The van der Waals surface area contributed by atoms with Crippen LogP contribution in [0.15, 0.2) is 24.6 Å². The average Bonchev–Trinajstić information content (AvgIpc) is 1.85. The zero-order valence-corrected chi connectivity index (χ0v) is 8.31. The van der Waals surface area contributed by atoms with Gasteiger partial charge in [0.2, 0.25) is 0 Å². The molecule has 0 saturated heterocycles. The Morgan fingerprint density at radius 3 is 2.09 bits per heavy atom. The van der Waals surface area contributed by atoms with Gasteiger partial charge < -0.3 is 4.90 Å². The summed E-state index contributed by atoms with van der Waals surface area (Å²) in [6, 6.07) is 0. The summed E-state index contributed by atoms with van der Waals surface area (Å²) in [5.41, 5.74) is 1.30. The van der Waals surface area contributed by atoms with Gasteiger partial charge in [0.05, 0.1) is 0 Å². The lowest BCUT2D eigenvalue weighted by atomic mass is 9.92. The zero-order chi connectivity index (χ0) is 9.07. The van der Waals surface area contributed by atoms with Gasteiger partial charge >= 0.3 is 0 Å². The molecule has 0 rings (SSSR count). The molecule has 0 fully saturated rings. The maximum Gasteiger partial charge on any atom is 0.0152 e. The summed E-state index contributed by atoms with van der Waals surface area (Å²) in [4.78, 5) is 2.06. The molecule has 1 nitrogen and oxygen atoms in total. The first-order chi connectivity index (χ1) is 4.89. The summed E-state index contributed by atoms with van der Waals surface area (Å²) in [5, 5.41) is 0. The molecule has 0 saturated carbocycles. The molecule has 0 atom stereocenters. The molecule has 0 radical (unpaired) electrons. The lowest BCUT2D eigenvalue weighted by Gasteiger charge is -2.28. The Morgan fingerprint density at radius 2 is 1.82 bits per heavy atom. The van der Waals surface area contributed by atoms with Gasteiger partial charge in [0, 0.05) is 18.2 Å². The van der Waals surface area contributed by atoms with Crippen LogP contribution >= 0.6 is 0 Å². The lowest BCUT2D eigenvalue weighted by Crippen LogP contribution is -2.21. The highest BCUT2D eigenvalue weighted by Gasteiger charge is 2.16. The Bertz CT molecular complexity index is 160. The molecule has 0 aliphatic heterocycles. The van der Waals surface area contributed by atoms with E-state index in [1.165, 1.54) is 0 Å². The van der Waals surface area contributed by atoms with Gasteiger partial charge in [0.25, 0.3) is 0 Å². The fraction of sp³-hybridized carbons (Fsp3) is 0.600. The molecule has 0 aromatic heterocycles. The summed E-state index contributed by atoms with van der Waals surface area (Å²) >= 11 is 0. The first kappa shape index (κ1) is 10.3. The quantitative estimate of drug-likeness (QED) is 0.589. The predicted molar refractivity (Wildman–Crippen MR) is 51.2 cm³/mol. The molecule has 0 bridgehead atoms. The van der Waals surface area contributed by atoms with E-state index in [0.29, 0.717) is 0 Å². The zero-order valence-electron chi connectivity index (χ0n) is 8.31. The highest BCUT2D eigenvalue weighted by molar-refractivity contribution is 5.06. The monoisotopic (exact) mass is 153 g/mol. The fourth-order valence-corrected chi connectivity index (χ4v) is 0.843. The van der Waals surface area contributed by atoms with Crippen LogP contribution in [0.25, 0.3) is 0 Å². The van der Waals surface area contributed by atoms with Crippen LogP contribution in [0.3, 0.4) is 0 Å². The third kappa shape index (κ3) is 3.26. The second kappa shape index (κ2) is 3.61. The van der Waals surface area contributed by atoms with Crippen molar-refractivity contribution in [1.82, 2.24) is 4.90 Å². The number of rotatable bonds is 2. The highest BCUT2D eigenvalue weighted by Crippen LogP contribution is 2.25. The van der Waals surface area contributed by atoms with E-state index in [0.717, 1.165) is 5.70 Å². The van der Waals surface area contributed by atoms with Crippen molar-refractivity contribution in [2.75, 3.05) is 7.05 Å². The van der Waals surface area contributed by atoms with Crippen molar-refractivity contribution in [2.45, 2.75) is 27.7 Å². The largest absolute Gasteiger partial charge is 0.355 e. The van der Waals surface area contributed by atoms with Crippen LogP contribution in [-0.2, 0) is 0 Å². The maximum absolute atomic E-state index is 4.02. The van der Waals surface area contributed by atoms with Crippen molar-refractivity contribution in [3.05, 3.63) is 24.6 Å². The second-order valence-electron chi connectivity index (χ2n) is 3.79. The van der Waals surface area contributed by atoms with Crippen LogP contribution in [0.4, 0.5) is 0 Å². The van der Waals surface area contributed by atoms with Gasteiger partial charge in [0.1, 0.15) is 0 Å². The minimum Gasteiger partial charge on any atom is -0.355 e. The van der Waals surface area contributed by atoms with E-state index in [2.05, 4.69) is 32.3 Å². The summed E-state index contributed by atoms with van der Waals surface area (Å²) in [6.45, 7) is 12.5. The molecule has 0 amide bonds. The summed E-state index contributed by atoms with van der Waals surface area (Å²) in [6.07, 6.45) is 4.03. The van der Waals surface area contributed by atoms with E-state index in [4.69, 9.17) is 0 Å². The molecule has 0 heterocycles. The molecule has 0 spiro atoms. The van der Waals surface area contributed by atoms with Crippen LogP contribution < -0.4 is 0 Å². The summed E-state index contributed by atoms with van der Waals surface area (Å²) in [5.74, 6) is 0. The average molecular weight is 153 g/mol. The van der Waals surface area contributed by atoms with Crippen molar-refractivity contribution in [3.8, 4) is 0 Å². The van der Waals surface area contributed by atoms with Gasteiger partial charge in [-0.15, -0.1) is 0 Å². The Morgan fingerprint density at radius 1 is 1.36 bits per heavy atom. The summed E-state index contributed by atoms with van der Waals surface area (Å²) < 4.78 is 0. The molecule has 0 aromatic carbocycles. The van der Waals surface area contributed by atoms with Crippen LogP contribution in [-0.4, -0.2) is 11.9 Å². The third-order valence-electron chi connectivity index (χ3n) is 1.66. The van der Waals surface area contributed by atoms with Gasteiger partial charge in [-0.2, -0.15) is 0 Å². The molecular formula is C10H19N. The smallest absolute Gasteiger partial charge is 0.0152 e. The minimum absolute atomic E-state index is 0.161. The van der Waals surface area contributed by atoms with Gasteiger partial charge in [-0.3, -0.25) is 0 Å². The Balaban J connectivity index is 4.26. The Labute approximate surface area is 70.4 Å². The SMILES string of the molecule is C=C(N(C)/C=C\C)C(C)(C)C. The first-order valence-electron chi connectivity index (χ1n) is 3.94. The fourth-order valence-electron chi connectivity index (χ4n) is 0.843. The van der Waals surface area contributed by atoms with E-state index in [9.17, 15) is 0 Å². The van der Waals surface area contributed by atoms with E-state index >= 15 is 0 Å². The van der Waals surface area contributed by atoms with Gasteiger partial charge in [-0.25, -0.2) is 0 Å². The van der Waals surface area contributed by atoms with Gasteiger partial charge in [-0.1, -0.05) is 33.4 Å². The molecular weight excluding hydrogens is 134 g/mol. The molecule has 64 valence electrons. The molecule has 0 aliphatic carbocycles. The van der Waals surface area contributed by atoms with Crippen LogP contribution in [0, 0.1) is 5.41 Å². The van der Waals surface area contributed by atoms with Crippen LogP contribution in [0.2, 0.25) is 0 Å². The molecule has 1 heteroatoms. The maximum atomic E-state index is 4.02. The lowest BCUT2D eigenvalue weighted by molar-refractivity contribution is 0.378. The van der Waals surface area contributed by atoms with Gasteiger partial charge in [0.15, 0.2) is 0 Å². The minimum atomic E-state index is 0.161.